The van der Waals surface area contributed by atoms with Gasteiger partial charge in [-0.25, -0.2) is 0 Å². The highest BCUT2D eigenvalue weighted by atomic mass is 19.4. The van der Waals surface area contributed by atoms with Crippen molar-refractivity contribution < 1.29 is 27.5 Å². The van der Waals surface area contributed by atoms with Crippen molar-refractivity contribution in [2.45, 2.75) is 12.6 Å². The van der Waals surface area contributed by atoms with E-state index in [0.717, 1.165) is 19.6 Å². The normalized spacial score (nSPS) is 16.8. The summed E-state index contributed by atoms with van der Waals surface area (Å²) in [6.45, 7) is 3.55. The lowest BCUT2D eigenvalue weighted by Crippen LogP contribution is -2.43. The van der Waals surface area contributed by atoms with E-state index >= 15 is 0 Å². The molecule has 1 fully saturated rings. The molecule has 116 valence electrons. The van der Waals surface area contributed by atoms with E-state index in [1.54, 1.807) is 0 Å². The van der Waals surface area contributed by atoms with Crippen LogP contribution in [0.15, 0.2) is 0 Å². The van der Waals surface area contributed by atoms with Gasteiger partial charge in [0.25, 0.3) is 0 Å². The smallest absolute Gasteiger partial charge is 0.379 e. The second-order valence-electron chi connectivity index (χ2n) is 4.34. The Bertz CT molecular complexity index is 331. The molecular weight excluding hydrogens is 279 g/mol. The SMILES string of the molecule is O=C(CNC(=O)C(F)(F)F)NCCCN1CCOCC1. The minimum Gasteiger partial charge on any atom is -0.379 e. The number of amides is 2. The van der Waals surface area contributed by atoms with E-state index in [0.29, 0.717) is 26.2 Å². The number of hydrogen-bond acceptors (Lipinski definition) is 4. The molecule has 0 radical (unpaired) electrons. The fourth-order valence-electron chi connectivity index (χ4n) is 1.68. The van der Waals surface area contributed by atoms with Crippen LogP contribution in [0.1, 0.15) is 6.42 Å². The summed E-state index contributed by atoms with van der Waals surface area (Å²) in [5.74, 6) is -2.74. The molecule has 1 heterocycles. The molecule has 0 aromatic rings. The molecule has 20 heavy (non-hydrogen) atoms. The number of halogens is 3. The molecule has 0 aliphatic carbocycles. The second-order valence-corrected chi connectivity index (χ2v) is 4.34. The van der Waals surface area contributed by atoms with Crippen LogP contribution in [0.4, 0.5) is 13.2 Å². The molecule has 1 saturated heterocycles. The third-order valence-corrected chi connectivity index (χ3v) is 2.74. The Morgan fingerprint density at radius 3 is 2.40 bits per heavy atom. The summed E-state index contributed by atoms with van der Waals surface area (Å²) < 4.78 is 40.7. The van der Waals surface area contributed by atoms with Crippen LogP contribution in [0.25, 0.3) is 0 Å². The molecule has 0 unspecified atom stereocenters. The molecule has 0 bridgehead atoms. The summed E-state index contributed by atoms with van der Waals surface area (Å²) in [5, 5.41) is 3.96. The Morgan fingerprint density at radius 1 is 1.15 bits per heavy atom. The maximum absolute atomic E-state index is 11.9. The summed E-state index contributed by atoms with van der Waals surface area (Å²) in [6.07, 6.45) is -4.27. The zero-order valence-electron chi connectivity index (χ0n) is 11.0. The maximum Gasteiger partial charge on any atom is 0.471 e. The third kappa shape index (κ3) is 6.71. The van der Waals surface area contributed by atoms with Gasteiger partial charge in [0.2, 0.25) is 5.91 Å². The highest BCUT2D eigenvalue weighted by Gasteiger charge is 2.38. The first kappa shape index (κ1) is 16.7. The average molecular weight is 297 g/mol. The highest BCUT2D eigenvalue weighted by molar-refractivity contribution is 5.87. The predicted molar refractivity (Wildman–Crippen MR) is 64.0 cm³/mol. The molecule has 1 rings (SSSR count). The summed E-state index contributed by atoms with van der Waals surface area (Å²) in [6, 6.07) is 0. The van der Waals surface area contributed by atoms with E-state index in [4.69, 9.17) is 4.74 Å². The Kier molecular flexibility index (Phi) is 6.73. The first-order valence-electron chi connectivity index (χ1n) is 6.31. The fraction of sp³-hybridized carbons (Fsp3) is 0.818. The summed E-state index contributed by atoms with van der Waals surface area (Å²) in [7, 11) is 0. The van der Waals surface area contributed by atoms with E-state index in [1.807, 2.05) is 0 Å². The monoisotopic (exact) mass is 297 g/mol. The average Bonchev–Trinajstić information content (AvgIpc) is 2.41. The minimum atomic E-state index is -4.96. The summed E-state index contributed by atoms with van der Waals surface area (Å²) >= 11 is 0. The van der Waals surface area contributed by atoms with Gasteiger partial charge in [-0.2, -0.15) is 13.2 Å². The van der Waals surface area contributed by atoms with Crippen LogP contribution in [-0.2, 0) is 14.3 Å². The van der Waals surface area contributed by atoms with Gasteiger partial charge in [-0.05, 0) is 13.0 Å². The van der Waals surface area contributed by atoms with Crippen molar-refractivity contribution in [2.24, 2.45) is 0 Å². The summed E-state index contributed by atoms with van der Waals surface area (Å²) in [4.78, 5) is 23.9. The molecule has 0 aromatic heterocycles. The lowest BCUT2D eigenvalue weighted by Gasteiger charge is -2.26. The van der Waals surface area contributed by atoms with Gasteiger partial charge in [-0.1, -0.05) is 0 Å². The van der Waals surface area contributed by atoms with Crippen molar-refractivity contribution in [3.8, 4) is 0 Å². The fourth-order valence-corrected chi connectivity index (χ4v) is 1.68. The number of nitrogens with one attached hydrogen (secondary N) is 2. The van der Waals surface area contributed by atoms with Gasteiger partial charge < -0.3 is 15.4 Å². The Balaban J connectivity index is 2.04. The number of morpholine rings is 1. The number of hydrogen-bond donors (Lipinski definition) is 2. The van der Waals surface area contributed by atoms with Crippen molar-refractivity contribution >= 4 is 11.8 Å². The molecule has 9 heteroatoms. The van der Waals surface area contributed by atoms with Gasteiger partial charge in [0.05, 0.1) is 19.8 Å². The topological polar surface area (TPSA) is 70.7 Å². The molecule has 0 atom stereocenters. The summed E-state index contributed by atoms with van der Waals surface area (Å²) in [5.41, 5.74) is 0. The molecule has 1 aliphatic rings. The molecule has 6 nitrogen and oxygen atoms in total. The lowest BCUT2D eigenvalue weighted by atomic mass is 10.3. The second kappa shape index (κ2) is 8.05. The molecule has 2 N–H and O–H groups in total. The first-order valence-corrected chi connectivity index (χ1v) is 6.31. The van der Waals surface area contributed by atoms with Crippen molar-refractivity contribution in [1.29, 1.82) is 0 Å². The number of rotatable bonds is 6. The zero-order valence-corrected chi connectivity index (χ0v) is 11.0. The van der Waals surface area contributed by atoms with Crippen LogP contribution >= 0.6 is 0 Å². The predicted octanol–water partition coefficient (Wildman–Crippen LogP) is -0.497. The van der Waals surface area contributed by atoms with Crippen molar-refractivity contribution in [1.82, 2.24) is 15.5 Å². The van der Waals surface area contributed by atoms with Crippen LogP contribution in [0.3, 0.4) is 0 Å². The molecular formula is C11H18F3N3O3. The highest BCUT2D eigenvalue weighted by Crippen LogP contribution is 2.13. The Labute approximate surface area is 114 Å². The number of carbonyl (C=O) groups excluding carboxylic acids is 2. The number of alkyl halides is 3. The molecule has 1 aliphatic heterocycles. The van der Waals surface area contributed by atoms with Crippen LogP contribution in [0.5, 0.6) is 0 Å². The quantitative estimate of drug-likeness (QED) is 0.649. The third-order valence-electron chi connectivity index (χ3n) is 2.74. The van der Waals surface area contributed by atoms with Crippen molar-refractivity contribution in [3.05, 3.63) is 0 Å². The lowest BCUT2D eigenvalue weighted by molar-refractivity contribution is -0.173. The van der Waals surface area contributed by atoms with Gasteiger partial charge in [-0.3, -0.25) is 14.5 Å². The van der Waals surface area contributed by atoms with E-state index in [1.165, 1.54) is 5.32 Å². The van der Waals surface area contributed by atoms with E-state index in [9.17, 15) is 22.8 Å². The number of nitrogens with zero attached hydrogens (tertiary/aromatic N) is 1. The van der Waals surface area contributed by atoms with Crippen molar-refractivity contribution in [3.63, 3.8) is 0 Å². The maximum atomic E-state index is 11.9. The number of carbonyl (C=O) groups is 2. The zero-order chi connectivity index (χ0) is 15.0. The number of ether oxygens (including phenoxy) is 1. The molecule has 2 amide bonds. The van der Waals surface area contributed by atoms with Gasteiger partial charge in [-0.15, -0.1) is 0 Å². The van der Waals surface area contributed by atoms with Crippen LogP contribution in [-0.4, -0.2) is 68.8 Å². The van der Waals surface area contributed by atoms with E-state index in [2.05, 4.69) is 10.2 Å². The Hall–Kier alpha value is -1.35. The van der Waals surface area contributed by atoms with E-state index < -0.39 is 24.5 Å². The van der Waals surface area contributed by atoms with E-state index in [-0.39, 0.29) is 0 Å². The molecule has 0 saturated carbocycles. The largest absolute Gasteiger partial charge is 0.471 e. The van der Waals surface area contributed by atoms with Crippen LogP contribution in [0, 0.1) is 0 Å². The van der Waals surface area contributed by atoms with Gasteiger partial charge in [0.1, 0.15) is 0 Å². The molecule has 0 aromatic carbocycles. The minimum absolute atomic E-state index is 0.359. The van der Waals surface area contributed by atoms with Gasteiger partial charge in [0.15, 0.2) is 0 Å². The standard InChI is InChI=1S/C11H18F3N3O3/c12-11(13,14)10(19)16-8-9(18)15-2-1-3-17-4-6-20-7-5-17/h1-8H2,(H,15,18)(H,16,19). The molecule has 0 spiro atoms. The van der Waals surface area contributed by atoms with Gasteiger partial charge in [0, 0.05) is 19.6 Å². The van der Waals surface area contributed by atoms with Crippen molar-refractivity contribution in [2.75, 3.05) is 45.9 Å². The van der Waals surface area contributed by atoms with Crippen LogP contribution < -0.4 is 10.6 Å². The van der Waals surface area contributed by atoms with Gasteiger partial charge >= 0.3 is 12.1 Å². The van der Waals surface area contributed by atoms with Crippen LogP contribution in [0.2, 0.25) is 0 Å². The first-order chi connectivity index (χ1) is 9.39. The Morgan fingerprint density at radius 2 is 1.80 bits per heavy atom.